The van der Waals surface area contributed by atoms with Crippen LogP contribution in [-0.2, 0) is 27.1 Å². The number of aryl methyl sites for hydroxylation is 3. The van der Waals surface area contributed by atoms with Crippen LogP contribution in [0.2, 0.25) is 0 Å². The fraction of sp³-hybridized carbons (Fsp3) is 0.516. The Morgan fingerprint density at radius 3 is 2.76 bits per heavy atom. The number of carbonyl (C=O) groups is 1. The van der Waals surface area contributed by atoms with Crippen molar-refractivity contribution in [3.8, 4) is 0 Å². The molecule has 1 aliphatic heterocycles. The van der Waals surface area contributed by atoms with Gasteiger partial charge in [-0.2, -0.15) is 0 Å². The van der Waals surface area contributed by atoms with Crippen LogP contribution in [0.4, 0.5) is 4.39 Å². The first-order valence-corrected chi connectivity index (χ1v) is 13.5. The number of aliphatic hydroxyl groups excluding tert-OH is 1. The Bertz CT molecular complexity index is 1050. The Morgan fingerprint density at radius 2 is 2.00 bits per heavy atom. The van der Waals surface area contributed by atoms with Gasteiger partial charge in [0.1, 0.15) is 24.3 Å². The summed E-state index contributed by atoms with van der Waals surface area (Å²) in [5.41, 5.74) is 4.84. The Morgan fingerprint density at radius 1 is 1.19 bits per heavy atom. The smallest absolute Gasteiger partial charge is 0.305 e. The standard InChI is InChI=1S/C31H42FNO4/c1-5-36-31(35)11-7-6-9-26-15-12-22(2)17-29(26)24(4)37-21-28(34)20-33-16-8-10-27(33)18-25-14-13-23(3)30(32)19-25/h12-15,17,19,27-28,34H,4-11,16,18,20-21H2,1-3H3/t27-,28+/m0/s1. The molecule has 1 aliphatic rings. The second-order valence-corrected chi connectivity index (χ2v) is 10.1. The number of nitrogens with zero attached hydrogens (tertiary/aromatic N) is 1. The minimum absolute atomic E-state index is 0.153. The molecule has 2 aromatic carbocycles. The minimum atomic E-state index is -0.648. The summed E-state index contributed by atoms with van der Waals surface area (Å²) in [6, 6.07) is 12.0. The highest BCUT2D eigenvalue weighted by molar-refractivity contribution is 5.69. The van der Waals surface area contributed by atoms with Crippen molar-refractivity contribution in [2.45, 2.75) is 77.9 Å². The van der Waals surface area contributed by atoms with Crippen molar-refractivity contribution >= 4 is 11.7 Å². The van der Waals surface area contributed by atoms with E-state index in [0.29, 0.717) is 30.9 Å². The van der Waals surface area contributed by atoms with Crippen LogP contribution in [0.5, 0.6) is 0 Å². The average Bonchev–Trinajstić information content (AvgIpc) is 3.29. The molecule has 0 bridgehead atoms. The van der Waals surface area contributed by atoms with Gasteiger partial charge in [0, 0.05) is 24.6 Å². The number of unbranched alkanes of at least 4 members (excludes halogenated alkanes) is 1. The predicted octanol–water partition coefficient (Wildman–Crippen LogP) is 5.77. The first-order valence-electron chi connectivity index (χ1n) is 13.5. The molecule has 0 unspecified atom stereocenters. The number of ether oxygens (including phenoxy) is 2. The number of esters is 1. The molecule has 1 fully saturated rings. The highest BCUT2D eigenvalue weighted by atomic mass is 19.1. The lowest BCUT2D eigenvalue weighted by atomic mass is 9.98. The molecule has 37 heavy (non-hydrogen) atoms. The summed E-state index contributed by atoms with van der Waals surface area (Å²) in [7, 11) is 0. The fourth-order valence-corrected chi connectivity index (χ4v) is 4.99. The van der Waals surface area contributed by atoms with Crippen LogP contribution in [0.25, 0.3) is 5.76 Å². The quantitative estimate of drug-likeness (QED) is 0.198. The number of benzene rings is 2. The van der Waals surface area contributed by atoms with E-state index in [2.05, 4.69) is 29.7 Å². The van der Waals surface area contributed by atoms with E-state index in [4.69, 9.17) is 9.47 Å². The molecule has 1 heterocycles. The first kappa shape index (κ1) is 28.9. The summed E-state index contributed by atoms with van der Waals surface area (Å²) in [6.45, 7) is 11.8. The van der Waals surface area contributed by atoms with Gasteiger partial charge in [-0.05, 0) is 94.7 Å². The summed E-state index contributed by atoms with van der Waals surface area (Å²) in [4.78, 5) is 13.9. The number of rotatable bonds is 14. The van der Waals surface area contributed by atoms with E-state index in [9.17, 15) is 14.3 Å². The minimum Gasteiger partial charge on any atom is -0.491 e. The largest absolute Gasteiger partial charge is 0.491 e. The van der Waals surface area contributed by atoms with Gasteiger partial charge in [0.05, 0.1) is 6.61 Å². The van der Waals surface area contributed by atoms with Crippen molar-refractivity contribution < 1.29 is 23.8 Å². The molecule has 5 nitrogen and oxygen atoms in total. The molecule has 0 amide bonds. The van der Waals surface area contributed by atoms with Crippen LogP contribution < -0.4 is 0 Å². The van der Waals surface area contributed by atoms with Gasteiger partial charge in [-0.1, -0.05) is 36.4 Å². The normalized spacial score (nSPS) is 16.5. The highest BCUT2D eigenvalue weighted by Crippen LogP contribution is 2.25. The highest BCUT2D eigenvalue weighted by Gasteiger charge is 2.27. The number of likely N-dealkylation sites (tertiary alicyclic amines) is 1. The van der Waals surface area contributed by atoms with Crippen molar-refractivity contribution in [3.05, 3.63) is 76.6 Å². The monoisotopic (exact) mass is 511 g/mol. The molecule has 3 rings (SSSR count). The van der Waals surface area contributed by atoms with E-state index < -0.39 is 6.10 Å². The summed E-state index contributed by atoms with van der Waals surface area (Å²) < 4.78 is 24.9. The lowest BCUT2D eigenvalue weighted by Crippen LogP contribution is -2.39. The van der Waals surface area contributed by atoms with E-state index in [-0.39, 0.29) is 24.4 Å². The van der Waals surface area contributed by atoms with E-state index >= 15 is 0 Å². The lowest BCUT2D eigenvalue weighted by molar-refractivity contribution is -0.143. The number of hydrogen-bond donors (Lipinski definition) is 1. The van der Waals surface area contributed by atoms with E-state index in [1.807, 2.05) is 26.0 Å². The molecule has 1 N–H and O–H groups in total. The van der Waals surface area contributed by atoms with Crippen molar-refractivity contribution in [1.82, 2.24) is 4.90 Å². The molecule has 0 spiro atoms. The zero-order valence-electron chi connectivity index (χ0n) is 22.6. The molecule has 2 atom stereocenters. The Balaban J connectivity index is 1.49. The third kappa shape index (κ3) is 8.97. The molecule has 0 aromatic heterocycles. The topological polar surface area (TPSA) is 59.0 Å². The molecular weight excluding hydrogens is 469 g/mol. The Kier molecular flexibility index (Phi) is 11.2. The van der Waals surface area contributed by atoms with Gasteiger partial charge in [0.25, 0.3) is 0 Å². The maximum Gasteiger partial charge on any atom is 0.305 e. The van der Waals surface area contributed by atoms with Crippen molar-refractivity contribution in [3.63, 3.8) is 0 Å². The molecule has 1 saturated heterocycles. The summed E-state index contributed by atoms with van der Waals surface area (Å²) >= 11 is 0. The Hall–Kier alpha value is -2.70. The second-order valence-electron chi connectivity index (χ2n) is 10.1. The van der Waals surface area contributed by atoms with E-state index in [1.54, 1.807) is 13.0 Å². The van der Waals surface area contributed by atoms with Gasteiger partial charge in [-0.3, -0.25) is 9.69 Å². The Labute approximate surface area is 221 Å². The van der Waals surface area contributed by atoms with Gasteiger partial charge in [-0.25, -0.2) is 4.39 Å². The summed E-state index contributed by atoms with van der Waals surface area (Å²) in [6.07, 6.45) is 5.12. The van der Waals surface area contributed by atoms with Gasteiger partial charge >= 0.3 is 5.97 Å². The molecule has 2 aromatic rings. The third-order valence-electron chi connectivity index (χ3n) is 7.05. The first-order chi connectivity index (χ1) is 17.8. The van der Waals surface area contributed by atoms with Crippen LogP contribution in [0.1, 0.15) is 66.8 Å². The summed E-state index contributed by atoms with van der Waals surface area (Å²) in [5.74, 6) is 0.236. The maximum atomic E-state index is 14.0. The zero-order valence-corrected chi connectivity index (χ0v) is 22.6. The van der Waals surface area contributed by atoms with Gasteiger partial charge < -0.3 is 14.6 Å². The maximum absolute atomic E-state index is 14.0. The zero-order chi connectivity index (χ0) is 26.8. The average molecular weight is 512 g/mol. The number of carbonyl (C=O) groups excluding carboxylic acids is 1. The molecule has 0 aliphatic carbocycles. The summed E-state index contributed by atoms with van der Waals surface area (Å²) in [5, 5.41) is 10.8. The lowest BCUT2D eigenvalue weighted by Gasteiger charge is -2.27. The van der Waals surface area contributed by atoms with Crippen molar-refractivity contribution in [2.24, 2.45) is 0 Å². The van der Waals surface area contributed by atoms with Crippen molar-refractivity contribution in [2.75, 3.05) is 26.3 Å². The van der Waals surface area contributed by atoms with Crippen LogP contribution in [0.3, 0.4) is 0 Å². The van der Waals surface area contributed by atoms with Crippen LogP contribution >= 0.6 is 0 Å². The predicted molar refractivity (Wildman–Crippen MR) is 146 cm³/mol. The third-order valence-corrected chi connectivity index (χ3v) is 7.05. The van der Waals surface area contributed by atoms with E-state index in [0.717, 1.165) is 67.3 Å². The van der Waals surface area contributed by atoms with Gasteiger partial charge in [-0.15, -0.1) is 0 Å². The van der Waals surface area contributed by atoms with Gasteiger partial charge in [0.15, 0.2) is 0 Å². The number of halogens is 1. The second kappa shape index (κ2) is 14.3. The number of β-amino-alcohol motifs (C(OH)–C–C–N with tert-alkyl or cyclic N) is 1. The van der Waals surface area contributed by atoms with E-state index in [1.165, 1.54) is 0 Å². The molecule has 6 heteroatoms. The van der Waals surface area contributed by atoms with Crippen LogP contribution in [-0.4, -0.2) is 54.4 Å². The van der Waals surface area contributed by atoms with Crippen molar-refractivity contribution in [1.29, 1.82) is 0 Å². The van der Waals surface area contributed by atoms with Crippen LogP contribution in [0.15, 0.2) is 43.0 Å². The van der Waals surface area contributed by atoms with Crippen LogP contribution in [0, 0.1) is 19.7 Å². The molecule has 202 valence electrons. The number of aliphatic hydroxyl groups is 1. The van der Waals surface area contributed by atoms with Gasteiger partial charge in [0.2, 0.25) is 0 Å². The molecule has 0 saturated carbocycles. The SMILES string of the molecule is C=C(OC[C@H](O)CN1CCC[C@H]1Cc1ccc(C)c(F)c1)c1cc(C)ccc1CCCCC(=O)OCC. The molecule has 0 radical (unpaired) electrons. The fourth-order valence-electron chi connectivity index (χ4n) is 4.99. The molecular formula is C31H42FNO4. The number of hydrogen-bond acceptors (Lipinski definition) is 5.